The van der Waals surface area contributed by atoms with E-state index in [1.165, 1.54) is 0 Å². The molecular weight excluding hydrogens is 322 g/mol. The van der Waals surface area contributed by atoms with Crippen LogP contribution in [0.15, 0.2) is 23.0 Å². The summed E-state index contributed by atoms with van der Waals surface area (Å²) in [7, 11) is 0. The number of carboxylic acid groups (broad SMARTS) is 1. The summed E-state index contributed by atoms with van der Waals surface area (Å²) >= 11 is 0. The molecule has 3 rings (SSSR count). The topological polar surface area (TPSA) is 91.6 Å². The molecule has 1 aromatic heterocycles. The monoisotopic (exact) mass is 347 g/mol. The van der Waals surface area contributed by atoms with Crippen LogP contribution in [0.25, 0.3) is 0 Å². The Morgan fingerprint density at radius 2 is 2.00 bits per heavy atom. The lowest BCUT2D eigenvalue weighted by Gasteiger charge is -2.42. The van der Waals surface area contributed by atoms with E-state index in [1.807, 2.05) is 15.5 Å². The maximum Gasteiger partial charge on any atom is 0.317 e. The van der Waals surface area contributed by atoms with Crippen LogP contribution < -0.4 is 10.9 Å². The predicted molar refractivity (Wildman–Crippen MR) is 92.6 cm³/mol. The van der Waals surface area contributed by atoms with E-state index < -0.39 is 5.97 Å². The van der Waals surface area contributed by atoms with Gasteiger partial charge in [0.15, 0.2) is 0 Å². The van der Waals surface area contributed by atoms with Gasteiger partial charge in [0.1, 0.15) is 0 Å². The summed E-state index contributed by atoms with van der Waals surface area (Å²) in [6, 6.07) is 5.33. The zero-order valence-corrected chi connectivity index (χ0v) is 14.3. The molecule has 0 unspecified atom stereocenters. The number of amides is 2. The highest BCUT2D eigenvalue weighted by Crippen LogP contribution is 2.34. The number of carbonyl (C=O) groups excluding carboxylic acids is 1. The summed E-state index contributed by atoms with van der Waals surface area (Å²) in [5.41, 5.74) is 1.08. The van der Waals surface area contributed by atoms with E-state index in [0.29, 0.717) is 38.5 Å². The molecule has 2 amide bonds. The molecule has 1 fully saturated rings. The molecule has 2 aliphatic heterocycles. The number of carboxylic acids is 1. The minimum Gasteiger partial charge on any atom is -0.481 e. The van der Waals surface area contributed by atoms with Gasteiger partial charge in [0.2, 0.25) is 0 Å². The Hall–Kier alpha value is -2.31. The number of hydrogen-bond acceptors (Lipinski definition) is 3. The first kappa shape index (κ1) is 17.5. The van der Waals surface area contributed by atoms with Crippen molar-refractivity contribution < 1.29 is 14.7 Å². The predicted octanol–water partition coefficient (Wildman–Crippen LogP) is 1.62. The van der Waals surface area contributed by atoms with Crippen LogP contribution in [0.1, 0.15) is 43.7 Å². The second-order valence-corrected chi connectivity index (χ2v) is 7.04. The van der Waals surface area contributed by atoms with Gasteiger partial charge in [-0.2, -0.15) is 0 Å². The first-order valence-electron chi connectivity index (χ1n) is 8.99. The second-order valence-electron chi connectivity index (χ2n) is 7.04. The smallest absolute Gasteiger partial charge is 0.317 e. The Morgan fingerprint density at radius 1 is 1.16 bits per heavy atom. The van der Waals surface area contributed by atoms with Gasteiger partial charge in [-0.3, -0.25) is 9.59 Å². The fourth-order valence-electron chi connectivity index (χ4n) is 3.95. The maximum atomic E-state index is 12.4. The van der Waals surface area contributed by atoms with E-state index in [9.17, 15) is 14.4 Å². The first-order valence-corrected chi connectivity index (χ1v) is 8.99. The van der Waals surface area contributed by atoms with Crippen molar-refractivity contribution in [1.29, 1.82) is 0 Å². The highest BCUT2D eigenvalue weighted by atomic mass is 16.4. The Morgan fingerprint density at radius 3 is 2.80 bits per heavy atom. The number of urea groups is 1. The van der Waals surface area contributed by atoms with Crippen molar-refractivity contribution in [3.05, 3.63) is 34.2 Å². The Labute approximate surface area is 146 Å². The zero-order chi connectivity index (χ0) is 17.8. The van der Waals surface area contributed by atoms with Crippen LogP contribution in [0.3, 0.4) is 0 Å². The van der Waals surface area contributed by atoms with Crippen LogP contribution in [-0.4, -0.2) is 46.2 Å². The van der Waals surface area contributed by atoms with E-state index in [0.717, 1.165) is 25.0 Å². The Bertz CT molecular complexity index is 700. The maximum absolute atomic E-state index is 12.4. The van der Waals surface area contributed by atoms with Crippen LogP contribution in [0.5, 0.6) is 0 Å². The molecule has 2 atom stereocenters. The molecule has 0 saturated carbocycles. The van der Waals surface area contributed by atoms with Crippen molar-refractivity contribution in [1.82, 2.24) is 14.8 Å². The number of likely N-dealkylation sites (tertiary alicyclic amines) is 1. The number of piperidine rings is 1. The molecule has 0 aliphatic carbocycles. The second kappa shape index (κ2) is 7.72. The lowest BCUT2D eigenvalue weighted by atomic mass is 9.83. The molecule has 2 bridgehead atoms. The largest absolute Gasteiger partial charge is 0.481 e. The standard InChI is InChI=1S/C18H25N3O4/c22-16-6-4-5-15-14-9-13(11-21(15)16)10-20(12-14)18(25)19-8-3-1-2-7-17(23)24/h4-6,13-14H,1-3,7-12H2,(H,19,25)(H,23,24)/t13-,14+/m0/s1. The Kier molecular flexibility index (Phi) is 5.40. The third-order valence-electron chi connectivity index (χ3n) is 5.11. The van der Waals surface area contributed by atoms with Gasteiger partial charge >= 0.3 is 12.0 Å². The summed E-state index contributed by atoms with van der Waals surface area (Å²) < 4.78 is 1.86. The number of aliphatic carboxylic acids is 1. The van der Waals surface area contributed by atoms with Gasteiger partial charge < -0.3 is 19.9 Å². The summed E-state index contributed by atoms with van der Waals surface area (Å²) in [4.78, 5) is 36.7. The summed E-state index contributed by atoms with van der Waals surface area (Å²) in [6.07, 6.45) is 3.45. The van der Waals surface area contributed by atoms with E-state index in [-0.39, 0.29) is 23.9 Å². The number of pyridine rings is 1. The molecule has 2 aliphatic rings. The summed E-state index contributed by atoms with van der Waals surface area (Å²) in [5, 5.41) is 11.5. The van der Waals surface area contributed by atoms with E-state index >= 15 is 0 Å². The third-order valence-corrected chi connectivity index (χ3v) is 5.11. The summed E-state index contributed by atoms with van der Waals surface area (Å²) in [5.74, 6) is -0.223. The number of unbranched alkanes of at least 4 members (excludes halogenated alkanes) is 2. The van der Waals surface area contributed by atoms with Crippen molar-refractivity contribution in [2.75, 3.05) is 19.6 Å². The average Bonchev–Trinajstić information content (AvgIpc) is 2.58. The molecule has 25 heavy (non-hydrogen) atoms. The fraction of sp³-hybridized carbons (Fsp3) is 0.611. The van der Waals surface area contributed by atoms with Crippen molar-refractivity contribution >= 4 is 12.0 Å². The molecule has 0 aromatic carbocycles. The van der Waals surface area contributed by atoms with Gasteiger partial charge in [0.25, 0.3) is 5.56 Å². The number of hydrogen-bond donors (Lipinski definition) is 2. The Balaban J connectivity index is 1.50. The van der Waals surface area contributed by atoms with Gasteiger partial charge in [-0.1, -0.05) is 12.5 Å². The quantitative estimate of drug-likeness (QED) is 0.765. The van der Waals surface area contributed by atoms with Crippen molar-refractivity contribution in [3.8, 4) is 0 Å². The molecule has 7 nitrogen and oxygen atoms in total. The van der Waals surface area contributed by atoms with Crippen molar-refractivity contribution in [2.45, 2.75) is 44.6 Å². The SMILES string of the molecule is O=C(O)CCCCCNC(=O)N1C[C@@H]2C[C@H](C1)c1cccc(=O)n1C2. The third kappa shape index (κ3) is 4.21. The number of aromatic nitrogens is 1. The normalized spacial score (nSPS) is 21.5. The van der Waals surface area contributed by atoms with Crippen LogP contribution in [0.4, 0.5) is 4.79 Å². The highest BCUT2D eigenvalue weighted by molar-refractivity contribution is 5.74. The molecular formula is C18H25N3O4. The molecule has 2 N–H and O–H groups in total. The van der Waals surface area contributed by atoms with Crippen LogP contribution in [0, 0.1) is 5.92 Å². The van der Waals surface area contributed by atoms with Crippen LogP contribution in [-0.2, 0) is 11.3 Å². The molecule has 0 radical (unpaired) electrons. The van der Waals surface area contributed by atoms with E-state index in [1.54, 1.807) is 12.1 Å². The number of nitrogens with one attached hydrogen (secondary N) is 1. The molecule has 7 heteroatoms. The van der Waals surface area contributed by atoms with E-state index in [4.69, 9.17) is 5.11 Å². The molecule has 3 heterocycles. The minimum absolute atomic E-state index is 0.0477. The van der Waals surface area contributed by atoms with Gasteiger partial charge in [-0.15, -0.1) is 0 Å². The number of nitrogens with zero attached hydrogens (tertiary/aromatic N) is 2. The number of carbonyl (C=O) groups is 2. The zero-order valence-electron chi connectivity index (χ0n) is 14.3. The van der Waals surface area contributed by atoms with E-state index in [2.05, 4.69) is 5.32 Å². The van der Waals surface area contributed by atoms with Gasteiger partial charge in [-0.05, 0) is 31.2 Å². The number of fused-ring (bicyclic) bond motifs is 4. The highest BCUT2D eigenvalue weighted by Gasteiger charge is 2.36. The first-order chi connectivity index (χ1) is 12.0. The van der Waals surface area contributed by atoms with Crippen LogP contribution >= 0.6 is 0 Å². The van der Waals surface area contributed by atoms with Gasteiger partial charge in [-0.25, -0.2) is 4.79 Å². The minimum atomic E-state index is -0.775. The average molecular weight is 347 g/mol. The number of rotatable bonds is 6. The molecule has 1 aromatic rings. The van der Waals surface area contributed by atoms with Gasteiger partial charge in [0.05, 0.1) is 0 Å². The molecule has 0 spiro atoms. The summed E-state index contributed by atoms with van der Waals surface area (Å²) in [6.45, 7) is 2.58. The fourth-order valence-corrected chi connectivity index (χ4v) is 3.95. The van der Waals surface area contributed by atoms with Gasteiger partial charge in [0, 0.05) is 50.3 Å². The van der Waals surface area contributed by atoms with Crippen molar-refractivity contribution in [3.63, 3.8) is 0 Å². The van der Waals surface area contributed by atoms with Crippen LogP contribution in [0.2, 0.25) is 0 Å². The van der Waals surface area contributed by atoms with Crippen molar-refractivity contribution in [2.24, 2.45) is 5.92 Å². The molecule has 1 saturated heterocycles. The molecule has 136 valence electrons. The lowest BCUT2D eigenvalue weighted by molar-refractivity contribution is -0.137. The lowest BCUT2D eigenvalue weighted by Crippen LogP contribution is -2.52.